The van der Waals surface area contributed by atoms with E-state index in [1.807, 2.05) is 0 Å². The molecule has 2 aromatic carbocycles. The molecule has 0 radical (unpaired) electrons. The van der Waals surface area contributed by atoms with Gasteiger partial charge in [0.05, 0.1) is 11.1 Å². The van der Waals surface area contributed by atoms with E-state index in [1.165, 1.54) is 13.0 Å². The number of carbonyl (C=O) groups is 1. The van der Waals surface area contributed by atoms with Crippen molar-refractivity contribution in [3.05, 3.63) is 112 Å². The lowest BCUT2D eigenvalue weighted by Gasteiger charge is -2.37. The third-order valence-corrected chi connectivity index (χ3v) is 6.45. The molecule has 0 aliphatic carbocycles. The summed E-state index contributed by atoms with van der Waals surface area (Å²) in [6.07, 6.45) is -12.6. The van der Waals surface area contributed by atoms with E-state index in [9.17, 15) is 48.7 Å². The second kappa shape index (κ2) is 14.1. The van der Waals surface area contributed by atoms with Crippen LogP contribution in [0.15, 0.2) is 83.8 Å². The van der Waals surface area contributed by atoms with Crippen LogP contribution in [0.2, 0.25) is 0 Å². The highest BCUT2D eigenvalue weighted by Gasteiger charge is 2.45. The van der Waals surface area contributed by atoms with Gasteiger partial charge in [-0.25, -0.2) is 13.2 Å². The standard InChI is InChI=1S/C30H28F10N2O2/c1-5-16(3)14-28(20-7-8-25(33)19(9-20)15-41,21-11-22(32)13-23(12-21)44-30(39,40)27(34)35)42-26(43)18(6-2)10-24(17(4)31)29(36,37)38/h5-13,27H,2,14-15,41H2,1,3-4H3,(H,42,43)/b16-5+,18-10+,24-17-/t28-/m1/s1. The van der Waals surface area contributed by atoms with Gasteiger partial charge in [-0.05, 0) is 68.7 Å². The molecule has 0 saturated heterocycles. The minimum Gasteiger partial charge on any atom is -0.428 e. The second-order valence-electron chi connectivity index (χ2n) is 9.57. The van der Waals surface area contributed by atoms with Crippen LogP contribution in [-0.4, -0.2) is 24.6 Å². The highest BCUT2D eigenvalue weighted by Crippen LogP contribution is 2.40. The van der Waals surface area contributed by atoms with Crippen molar-refractivity contribution in [2.45, 2.75) is 58.0 Å². The topological polar surface area (TPSA) is 64.3 Å². The van der Waals surface area contributed by atoms with Crippen LogP contribution in [0.25, 0.3) is 0 Å². The quantitative estimate of drug-likeness (QED) is 0.106. The first kappa shape index (κ1) is 36.1. The molecule has 0 aliphatic rings. The lowest BCUT2D eigenvalue weighted by Crippen LogP contribution is -2.48. The van der Waals surface area contributed by atoms with Crippen LogP contribution in [0, 0.1) is 11.6 Å². The maximum absolute atomic E-state index is 14.9. The van der Waals surface area contributed by atoms with Gasteiger partial charge < -0.3 is 15.8 Å². The SMILES string of the molecule is C=C/C(=C\C(=C(/C)F)C(F)(F)F)C(=O)N[C@@](C/C(C)=C/C)(c1cc(F)cc(OC(F)(F)C(F)F)c1)c1ccc(F)c(CN)c1. The van der Waals surface area contributed by atoms with Gasteiger partial charge in [0, 0.05) is 23.7 Å². The molecule has 0 saturated carbocycles. The summed E-state index contributed by atoms with van der Waals surface area (Å²) in [6, 6.07) is 4.98. The highest BCUT2D eigenvalue weighted by molar-refractivity contribution is 5.97. The van der Waals surface area contributed by atoms with Crippen molar-refractivity contribution in [3.8, 4) is 5.75 Å². The van der Waals surface area contributed by atoms with E-state index < -0.39 is 76.6 Å². The zero-order valence-corrected chi connectivity index (χ0v) is 23.6. The van der Waals surface area contributed by atoms with Gasteiger partial charge in [-0.1, -0.05) is 30.4 Å². The maximum atomic E-state index is 14.9. The fraction of sp³-hybridized carbons (Fsp3) is 0.300. The Hall–Kier alpha value is -4.07. The molecule has 0 heterocycles. The minimum atomic E-state index is -5.23. The Morgan fingerprint density at radius 2 is 1.68 bits per heavy atom. The molecule has 3 N–H and O–H groups in total. The second-order valence-corrected chi connectivity index (χ2v) is 9.57. The molecule has 0 unspecified atom stereocenters. The lowest BCUT2D eigenvalue weighted by atomic mass is 9.77. The third kappa shape index (κ3) is 8.52. The largest absolute Gasteiger partial charge is 0.461 e. The van der Waals surface area contributed by atoms with Crippen molar-refractivity contribution in [1.82, 2.24) is 5.32 Å². The molecule has 1 amide bonds. The Morgan fingerprint density at radius 1 is 1.05 bits per heavy atom. The molecular weight excluding hydrogens is 610 g/mol. The Labute approximate surface area is 246 Å². The van der Waals surface area contributed by atoms with Crippen molar-refractivity contribution in [1.29, 1.82) is 0 Å². The Bertz CT molecular complexity index is 1470. The Balaban J connectivity index is 2.99. The minimum absolute atomic E-state index is 0.0669. The monoisotopic (exact) mass is 638 g/mol. The van der Waals surface area contributed by atoms with E-state index in [0.717, 1.165) is 24.3 Å². The Kier molecular flexibility index (Phi) is 11.6. The molecular formula is C30H28F10N2O2. The van der Waals surface area contributed by atoms with Crippen LogP contribution in [0.3, 0.4) is 0 Å². The summed E-state index contributed by atoms with van der Waals surface area (Å²) in [7, 11) is 0. The summed E-state index contributed by atoms with van der Waals surface area (Å²) in [5.41, 5.74) is 0.666. The van der Waals surface area contributed by atoms with Crippen molar-refractivity contribution < 1.29 is 53.4 Å². The number of hydrogen-bond acceptors (Lipinski definition) is 3. The van der Waals surface area contributed by atoms with Crippen molar-refractivity contribution >= 4 is 5.91 Å². The molecule has 0 fully saturated rings. The predicted molar refractivity (Wildman–Crippen MR) is 143 cm³/mol. The van der Waals surface area contributed by atoms with Crippen molar-refractivity contribution in [2.24, 2.45) is 5.73 Å². The summed E-state index contributed by atoms with van der Waals surface area (Å²) in [5, 5.41) is 2.43. The number of amides is 1. The first-order chi connectivity index (χ1) is 20.3. The number of halogens is 10. The number of allylic oxidation sites excluding steroid dienone is 4. The Morgan fingerprint density at radius 3 is 2.18 bits per heavy atom. The van der Waals surface area contributed by atoms with E-state index in [4.69, 9.17) is 5.73 Å². The fourth-order valence-corrected chi connectivity index (χ4v) is 4.16. The zero-order chi connectivity index (χ0) is 33.6. The molecule has 14 heteroatoms. The van der Waals surface area contributed by atoms with Gasteiger partial charge in [-0.2, -0.15) is 30.7 Å². The molecule has 2 rings (SSSR count). The van der Waals surface area contributed by atoms with Crippen LogP contribution in [0.4, 0.5) is 43.9 Å². The van der Waals surface area contributed by atoms with Gasteiger partial charge in [-0.3, -0.25) is 4.79 Å². The number of nitrogens with two attached hydrogens (primary N) is 1. The summed E-state index contributed by atoms with van der Waals surface area (Å²) in [4.78, 5) is 13.6. The van der Waals surface area contributed by atoms with E-state index in [0.29, 0.717) is 30.7 Å². The molecule has 0 aromatic heterocycles. The number of rotatable bonds is 12. The maximum Gasteiger partial charge on any atom is 0.461 e. The van der Waals surface area contributed by atoms with E-state index >= 15 is 0 Å². The lowest BCUT2D eigenvalue weighted by molar-refractivity contribution is -0.253. The van der Waals surface area contributed by atoms with Gasteiger partial charge in [0.1, 0.15) is 23.2 Å². The van der Waals surface area contributed by atoms with Crippen LogP contribution in [-0.2, 0) is 16.9 Å². The van der Waals surface area contributed by atoms with E-state index in [2.05, 4.69) is 16.6 Å². The van der Waals surface area contributed by atoms with Gasteiger partial charge in [0.25, 0.3) is 5.91 Å². The average Bonchev–Trinajstić information content (AvgIpc) is 2.91. The van der Waals surface area contributed by atoms with Crippen LogP contribution in [0.1, 0.15) is 43.9 Å². The van der Waals surface area contributed by atoms with E-state index in [1.54, 1.807) is 6.92 Å². The number of carbonyl (C=O) groups excluding carboxylic acids is 1. The summed E-state index contributed by atoms with van der Waals surface area (Å²) in [6.45, 7) is 6.50. The number of nitrogens with one attached hydrogen (secondary N) is 1. The number of benzene rings is 2. The average molecular weight is 639 g/mol. The van der Waals surface area contributed by atoms with Crippen molar-refractivity contribution in [3.63, 3.8) is 0 Å². The molecule has 44 heavy (non-hydrogen) atoms. The highest BCUT2D eigenvalue weighted by atomic mass is 19.4. The van der Waals surface area contributed by atoms with Crippen LogP contribution < -0.4 is 15.8 Å². The summed E-state index contributed by atoms with van der Waals surface area (Å²) in [5.74, 6) is -6.22. The molecule has 0 bridgehead atoms. The number of hydrogen-bond donors (Lipinski definition) is 2. The smallest absolute Gasteiger partial charge is 0.428 e. The fourth-order valence-electron chi connectivity index (χ4n) is 4.16. The van der Waals surface area contributed by atoms with Crippen LogP contribution >= 0.6 is 0 Å². The number of alkyl halides is 7. The van der Waals surface area contributed by atoms with Gasteiger partial charge >= 0.3 is 18.7 Å². The zero-order valence-electron chi connectivity index (χ0n) is 23.6. The predicted octanol–water partition coefficient (Wildman–Crippen LogP) is 8.29. The molecule has 2 aromatic rings. The first-order valence-corrected chi connectivity index (χ1v) is 12.7. The number of ether oxygens (including phenoxy) is 1. The molecule has 4 nitrogen and oxygen atoms in total. The molecule has 0 aliphatic heterocycles. The first-order valence-electron chi connectivity index (χ1n) is 12.7. The summed E-state index contributed by atoms with van der Waals surface area (Å²) >= 11 is 0. The van der Waals surface area contributed by atoms with Crippen molar-refractivity contribution in [2.75, 3.05) is 0 Å². The van der Waals surface area contributed by atoms with Crippen LogP contribution in [0.5, 0.6) is 5.75 Å². The summed E-state index contributed by atoms with van der Waals surface area (Å²) < 4.78 is 141. The van der Waals surface area contributed by atoms with E-state index in [-0.39, 0.29) is 23.6 Å². The van der Waals surface area contributed by atoms with Gasteiger partial charge in [0.2, 0.25) is 0 Å². The van der Waals surface area contributed by atoms with Gasteiger partial charge in [0.15, 0.2) is 0 Å². The molecule has 0 spiro atoms. The molecule has 240 valence electrons. The third-order valence-electron chi connectivity index (χ3n) is 6.45. The normalized spacial score (nSPS) is 15.1. The van der Waals surface area contributed by atoms with Gasteiger partial charge in [-0.15, -0.1) is 0 Å². The molecule has 1 atom stereocenters.